The maximum absolute atomic E-state index is 12.5. The standard InChI is InChI=1S/C24H28N2O3S/c1-16(27)26-11-9-18(10-12-26)24(28)25-15-21-14-20-13-19(5-8-23(20)29-21)17-3-6-22(30-2)7-4-17/h3-8,13,18,21H,9-12,14-15H2,1-2H3,(H,25,28)/t21-/m0/s1. The number of carbonyl (C=O) groups is 2. The highest BCUT2D eigenvalue weighted by Crippen LogP contribution is 2.33. The van der Waals surface area contributed by atoms with Crippen LogP contribution in [0.3, 0.4) is 0 Å². The molecule has 158 valence electrons. The Morgan fingerprint density at radius 2 is 1.80 bits per heavy atom. The number of nitrogens with one attached hydrogen (secondary N) is 1. The maximum Gasteiger partial charge on any atom is 0.223 e. The molecule has 0 saturated carbocycles. The number of hydrogen-bond acceptors (Lipinski definition) is 4. The van der Waals surface area contributed by atoms with Gasteiger partial charge < -0.3 is 15.0 Å². The molecule has 2 aliphatic rings. The molecule has 1 N–H and O–H groups in total. The van der Waals surface area contributed by atoms with Gasteiger partial charge in [-0.2, -0.15) is 0 Å². The second kappa shape index (κ2) is 9.13. The van der Waals surface area contributed by atoms with Crippen LogP contribution in [0, 0.1) is 5.92 Å². The first-order valence-electron chi connectivity index (χ1n) is 10.5. The third-order valence-electron chi connectivity index (χ3n) is 6.04. The molecule has 6 heteroatoms. The van der Waals surface area contributed by atoms with Crippen molar-refractivity contribution in [3.05, 3.63) is 48.0 Å². The Kier molecular flexibility index (Phi) is 6.32. The molecule has 2 heterocycles. The quantitative estimate of drug-likeness (QED) is 0.743. The Balaban J connectivity index is 1.30. The first kappa shape index (κ1) is 20.8. The number of ether oxygens (including phenoxy) is 1. The number of hydrogen-bond donors (Lipinski definition) is 1. The van der Waals surface area contributed by atoms with Gasteiger partial charge in [0.2, 0.25) is 11.8 Å². The number of piperidine rings is 1. The fourth-order valence-corrected chi connectivity index (χ4v) is 4.62. The topological polar surface area (TPSA) is 58.6 Å². The Morgan fingerprint density at radius 3 is 2.47 bits per heavy atom. The molecule has 2 aromatic carbocycles. The summed E-state index contributed by atoms with van der Waals surface area (Å²) in [5, 5.41) is 3.06. The molecule has 0 unspecified atom stereocenters. The Morgan fingerprint density at radius 1 is 1.10 bits per heavy atom. The minimum absolute atomic E-state index is 0.0137. The van der Waals surface area contributed by atoms with E-state index in [0.717, 1.165) is 25.0 Å². The van der Waals surface area contributed by atoms with Crippen molar-refractivity contribution in [2.75, 3.05) is 25.9 Å². The van der Waals surface area contributed by atoms with Gasteiger partial charge in [-0.15, -0.1) is 11.8 Å². The zero-order chi connectivity index (χ0) is 21.1. The molecular weight excluding hydrogens is 396 g/mol. The van der Waals surface area contributed by atoms with Crippen LogP contribution in [0.2, 0.25) is 0 Å². The lowest BCUT2D eigenvalue weighted by Crippen LogP contribution is -2.44. The monoisotopic (exact) mass is 424 g/mol. The van der Waals surface area contributed by atoms with E-state index < -0.39 is 0 Å². The first-order chi connectivity index (χ1) is 14.5. The highest BCUT2D eigenvalue weighted by molar-refractivity contribution is 7.98. The van der Waals surface area contributed by atoms with Gasteiger partial charge in [-0.25, -0.2) is 0 Å². The molecule has 2 aromatic rings. The minimum Gasteiger partial charge on any atom is -0.488 e. The van der Waals surface area contributed by atoms with Crippen LogP contribution >= 0.6 is 11.8 Å². The van der Waals surface area contributed by atoms with Gasteiger partial charge in [0.05, 0.1) is 6.54 Å². The third-order valence-corrected chi connectivity index (χ3v) is 6.78. The van der Waals surface area contributed by atoms with Crippen molar-refractivity contribution in [1.82, 2.24) is 10.2 Å². The van der Waals surface area contributed by atoms with Crippen LogP contribution in [0.1, 0.15) is 25.3 Å². The maximum atomic E-state index is 12.5. The lowest BCUT2D eigenvalue weighted by Gasteiger charge is -2.30. The number of fused-ring (bicyclic) bond motifs is 1. The molecule has 0 spiro atoms. The Labute approximate surface area is 182 Å². The van der Waals surface area contributed by atoms with E-state index in [1.54, 1.807) is 18.7 Å². The lowest BCUT2D eigenvalue weighted by atomic mass is 9.95. The van der Waals surface area contributed by atoms with Crippen LogP contribution < -0.4 is 10.1 Å². The molecule has 1 fully saturated rings. The van der Waals surface area contributed by atoms with Crippen molar-refractivity contribution in [3.8, 4) is 16.9 Å². The van der Waals surface area contributed by atoms with Gasteiger partial charge >= 0.3 is 0 Å². The van der Waals surface area contributed by atoms with Crippen LogP contribution in [0.15, 0.2) is 47.4 Å². The highest BCUT2D eigenvalue weighted by Gasteiger charge is 2.28. The molecule has 0 aliphatic carbocycles. The van der Waals surface area contributed by atoms with Crippen molar-refractivity contribution in [2.45, 2.75) is 37.2 Å². The summed E-state index contributed by atoms with van der Waals surface area (Å²) in [6.45, 7) is 3.43. The van der Waals surface area contributed by atoms with Crippen molar-refractivity contribution in [1.29, 1.82) is 0 Å². The minimum atomic E-state index is -0.0321. The zero-order valence-corrected chi connectivity index (χ0v) is 18.3. The van der Waals surface area contributed by atoms with E-state index in [1.165, 1.54) is 21.6 Å². The predicted molar refractivity (Wildman–Crippen MR) is 120 cm³/mol. The van der Waals surface area contributed by atoms with Crippen molar-refractivity contribution in [3.63, 3.8) is 0 Å². The van der Waals surface area contributed by atoms with E-state index in [2.05, 4.69) is 48.0 Å². The molecule has 0 bridgehead atoms. The molecule has 2 aliphatic heterocycles. The van der Waals surface area contributed by atoms with Crippen LogP contribution in [0.4, 0.5) is 0 Å². The summed E-state index contributed by atoms with van der Waals surface area (Å²) in [7, 11) is 0. The van der Waals surface area contributed by atoms with Gasteiger partial charge in [-0.3, -0.25) is 9.59 Å². The lowest BCUT2D eigenvalue weighted by molar-refractivity contribution is -0.134. The fraction of sp³-hybridized carbons (Fsp3) is 0.417. The molecule has 1 atom stereocenters. The van der Waals surface area contributed by atoms with E-state index in [9.17, 15) is 9.59 Å². The van der Waals surface area contributed by atoms with E-state index in [1.807, 2.05) is 11.0 Å². The predicted octanol–water partition coefficient (Wildman–Crippen LogP) is 3.75. The molecule has 1 saturated heterocycles. The summed E-state index contributed by atoms with van der Waals surface area (Å²) in [6, 6.07) is 14.9. The number of nitrogens with zero attached hydrogens (tertiary/aromatic N) is 1. The highest BCUT2D eigenvalue weighted by atomic mass is 32.2. The van der Waals surface area contributed by atoms with Crippen molar-refractivity contribution >= 4 is 23.6 Å². The molecular formula is C24H28N2O3S. The summed E-state index contributed by atoms with van der Waals surface area (Å²) < 4.78 is 6.05. The number of amides is 2. The second-order valence-electron chi connectivity index (χ2n) is 8.02. The van der Waals surface area contributed by atoms with Gasteiger partial charge in [0.25, 0.3) is 0 Å². The van der Waals surface area contributed by atoms with Gasteiger partial charge in [0.15, 0.2) is 0 Å². The van der Waals surface area contributed by atoms with E-state index in [-0.39, 0.29) is 23.8 Å². The van der Waals surface area contributed by atoms with Gasteiger partial charge in [-0.1, -0.05) is 18.2 Å². The summed E-state index contributed by atoms with van der Waals surface area (Å²) in [6.07, 6.45) is 4.31. The van der Waals surface area contributed by atoms with Gasteiger partial charge in [-0.05, 0) is 60.1 Å². The smallest absolute Gasteiger partial charge is 0.223 e. The van der Waals surface area contributed by atoms with Crippen LogP contribution in [-0.4, -0.2) is 48.7 Å². The van der Waals surface area contributed by atoms with Crippen LogP contribution in [0.25, 0.3) is 11.1 Å². The fourth-order valence-electron chi connectivity index (χ4n) is 4.21. The third kappa shape index (κ3) is 4.64. The number of rotatable bonds is 5. The largest absolute Gasteiger partial charge is 0.488 e. The van der Waals surface area contributed by atoms with Gasteiger partial charge in [0, 0.05) is 37.2 Å². The summed E-state index contributed by atoms with van der Waals surface area (Å²) >= 11 is 1.74. The van der Waals surface area contributed by atoms with Crippen LogP contribution in [0.5, 0.6) is 5.75 Å². The Bertz CT molecular complexity index is 921. The molecule has 4 rings (SSSR count). The SMILES string of the molecule is CSc1ccc(-c2ccc3c(c2)C[C@@H](CNC(=O)C2CCN(C(C)=O)CC2)O3)cc1. The van der Waals surface area contributed by atoms with E-state index in [0.29, 0.717) is 19.6 Å². The summed E-state index contributed by atoms with van der Waals surface area (Å²) in [5.74, 6) is 1.06. The molecule has 2 amide bonds. The molecule has 0 aromatic heterocycles. The van der Waals surface area contributed by atoms with E-state index in [4.69, 9.17) is 4.74 Å². The summed E-state index contributed by atoms with van der Waals surface area (Å²) in [5.41, 5.74) is 3.58. The number of benzene rings is 2. The number of carbonyl (C=O) groups excluding carboxylic acids is 2. The number of likely N-dealkylation sites (tertiary alicyclic amines) is 1. The normalized spacial score (nSPS) is 18.6. The average molecular weight is 425 g/mol. The molecule has 0 radical (unpaired) electrons. The Hall–Kier alpha value is -2.47. The molecule has 30 heavy (non-hydrogen) atoms. The van der Waals surface area contributed by atoms with Gasteiger partial charge in [0.1, 0.15) is 11.9 Å². The van der Waals surface area contributed by atoms with Crippen LogP contribution in [-0.2, 0) is 16.0 Å². The van der Waals surface area contributed by atoms with E-state index >= 15 is 0 Å². The van der Waals surface area contributed by atoms with Crippen molar-refractivity contribution < 1.29 is 14.3 Å². The summed E-state index contributed by atoms with van der Waals surface area (Å²) in [4.78, 5) is 27.0. The number of thioether (sulfide) groups is 1. The zero-order valence-electron chi connectivity index (χ0n) is 17.5. The average Bonchev–Trinajstić information content (AvgIpc) is 3.19. The molecule has 5 nitrogen and oxygen atoms in total. The van der Waals surface area contributed by atoms with Crippen molar-refractivity contribution in [2.24, 2.45) is 5.92 Å². The first-order valence-corrected chi connectivity index (χ1v) is 11.7. The second-order valence-corrected chi connectivity index (χ2v) is 8.90.